The molecule has 0 amide bonds. The van der Waals surface area contributed by atoms with E-state index in [1.165, 1.54) is 102 Å². The second-order valence-corrected chi connectivity index (χ2v) is 9.31. The zero-order valence-corrected chi connectivity index (χ0v) is 19.2. The Hall–Kier alpha value is -2.12. The number of quaternary nitrogens is 1. The van der Waals surface area contributed by atoms with Gasteiger partial charge in [-0.1, -0.05) is 94.6 Å². The maximum Gasteiger partial charge on any atom is 0.105 e. The molecule has 30 heavy (non-hydrogen) atoms. The summed E-state index contributed by atoms with van der Waals surface area (Å²) in [6, 6.07) is 20.8. The van der Waals surface area contributed by atoms with Gasteiger partial charge in [-0.05, 0) is 51.6 Å². The van der Waals surface area contributed by atoms with E-state index in [2.05, 4.69) is 75.4 Å². The molecular weight excluding hydrogens is 362 g/mol. The molecule has 0 saturated carbocycles. The molecule has 1 nitrogen and oxygen atoms in total. The smallest absolute Gasteiger partial charge is 0.105 e. The van der Waals surface area contributed by atoms with E-state index in [1.807, 2.05) is 0 Å². The average Bonchev–Trinajstić information content (AvgIpc) is 2.79. The molecule has 0 fully saturated rings. The number of unbranched alkanes of at least 4 members (excludes halogenated alkanes) is 3. The Bertz CT molecular complexity index is 1060. The van der Waals surface area contributed by atoms with E-state index in [-0.39, 0.29) is 0 Å². The summed E-state index contributed by atoms with van der Waals surface area (Å²) in [6.07, 6.45) is 7.86. The zero-order chi connectivity index (χ0) is 21.0. The Morgan fingerprint density at radius 3 is 1.63 bits per heavy atom. The highest BCUT2D eigenvalue weighted by molar-refractivity contribution is 6.23. The van der Waals surface area contributed by atoms with Crippen molar-refractivity contribution >= 4 is 32.3 Å². The maximum absolute atomic E-state index is 2.43. The molecule has 0 aliphatic rings. The monoisotopic (exact) mass is 400 g/mol. The molecule has 0 bridgehead atoms. The van der Waals surface area contributed by atoms with Gasteiger partial charge in [0.15, 0.2) is 0 Å². The lowest BCUT2D eigenvalue weighted by atomic mass is 9.91. The minimum Gasteiger partial charge on any atom is -0.320 e. The van der Waals surface area contributed by atoms with Gasteiger partial charge in [0, 0.05) is 5.56 Å². The molecule has 4 aromatic rings. The largest absolute Gasteiger partial charge is 0.320 e. The molecule has 0 aliphatic heterocycles. The molecule has 0 unspecified atom stereocenters. The minimum atomic E-state index is 1.17. The first-order valence-electron chi connectivity index (χ1n) is 12.2. The first-order chi connectivity index (χ1) is 14.7. The van der Waals surface area contributed by atoms with Gasteiger partial charge in [0.25, 0.3) is 0 Å². The fourth-order valence-electron chi connectivity index (χ4n) is 5.35. The second kappa shape index (κ2) is 9.35. The minimum absolute atomic E-state index is 1.17. The highest BCUT2D eigenvalue weighted by atomic mass is 15.3. The quantitative estimate of drug-likeness (QED) is 0.175. The fraction of sp³-hybridized carbons (Fsp3) is 0.448. The Balaban J connectivity index is 1.83. The van der Waals surface area contributed by atoms with Gasteiger partial charge in [0.1, 0.15) is 6.54 Å². The van der Waals surface area contributed by atoms with Gasteiger partial charge in [-0.25, -0.2) is 0 Å². The standard InChI is InChI=1S/C29H38N/c1-4-7-19-30(20-8-5-2,21-9-6-3)22-26-16-15-25-14-13-23-11-10-12-24-17-18-27(26)29(25)28(23)24/h10-18H,4-9,19-22H2,1-3H3/q+1. The van der Waals surface area contributed by atoms with Crippen molar-refractivity contribution in [3.8, 4) is 0 Å². The zero-order valence-electron chi connectivity index (χ0n) is 19.2. The Kier molecular flexibility index (Phi) is 6.58. The molecule has 0 aromatic heterocycles. The molecule has 0 radical (unpaired) electrons. The molecule has 1 heteroatoms. The number of hydrogen-bond donors (Lipinski definition) is 0. The van der Waals surface area contributed by atoms with Crippen molar-refractivity contribution < 1.29 is 4.48 Å². The SMILES string of the molecule is CCCC[N+](CCCC)(CCCC)Cc1ccc2ccc3cccc4ccc1c2c34. The van der Waals surface area contributed by atoms with Crippen molar-refractivity contribution in [1.29, 1.82) is 0 Å². The van der Waals surface area contributed by atoms with Crippen LogP contribution in [0.15, 0.2) is 54.6 Å². The molecule has 4 aromatic carbocycles. The Morgan fingerprint density at radius 2 is 1.07 bits per heavy atom. The summed E-state index contributed by atoms with van der Waals surface area (Å²) in [5, 5.41) is 8.51. The normalized spacial score (nSPS) is 12.5. The lowest BCUT2D eigenvalue weighted by Gasteiger charge is -2.39. The lowest BCUT2D eigenvalue weighted by Crippen LogP contribution is -2.49. The highest BCUT2D eigenvalue weighted by Crippen LogP contribution is 2.37. The molecule has 0 aliphatic carbocycles. The van der Waals surface area contributed by atoms with E-state index in [4.69, 9.17) is 0 Å². The number of nitrogens with zero attached hydrogens (tertiary/aromatic N) is 1. The highest BCUT2D eigenvalue weighted by Gasteiger charge is 2.27. The first-order valence-corrected chi connectivity index (χ1v) is 12.2. The van der Waals surface area contributed by atoms with Crippen LogP contribution in [-0.2, 0) is 6.54 Å². The third-order valence-corrected chi connectivity index (χ3v) is 7.08. The summed E-state index contributed by atoms with van der Waals surface area (Å²) in [5.41, 5.74) is 1.55. The van der Waals surface area contributed by atoms with Crippen molar-refractivity contribution in [2.75, 3.05) is 19.6 Å². The topological polar surface area (TPSA) is 0 Å². The summed E-state index contributed by atoms with van der Waals surface area (Å²) in [5.74, 6) is 0. The van der Waals surface area contributed by atoms with E-state index in [1.54, 1.807) is 5.56 Å². The lowest BCUT2D eigenvalue weighted by molar-refractivity contribution is -0.941. The van der Waals surface area contributed by atoms with Crippen LogP contribution >= 0.6 is 0 Å². The van der Waals surface area contributed by atoms with Gasteiger partial charge < -0.3 is 4.48 Å². The van der Waals surface area contributed by atoms with Crippen LogP contribution in [0.3, 0.4) is 0 Å². The van der Waals surface area contributed by atoms with E-state index in [0.717, 1.165) is 0 Å². The van der Waals surface area contributed by atoms with Crippen LogP contribution in [0.5, 0.6) is 0 Å². The van der Waals surface area contributed by atoms with Gasteiger partial charge in [0.2, 0.25) is 0 Å². The van der Waals surface area contributed by atoms with Crippen molar-refractivity contribution in [3.63, 3.8) is 0 Å². The maximum atomic E-state index is 2.43. The summed E-state index contributed by atoms with van der Waals surface area (Å²) >= 11 is 0. The van der Waals surface area contributed by atoms with E-state index in [0.29, 0.717) is 0 Å². The van der Waals surface area contributed by atoms with Gasteiger partial charge in [-0.3, -0.25) is 0 Å². The Labute approximate surface area is 182 Å². The predicted molar refractivity (Wildman–Crippen MR) is 133 cm³/mol. The Morgan fingerprint density at radius 1 is 0.567 bits per heavy atom. The first kappa shape index (κ1) is 21.1. The molecule has 0 heterocycles. The third kappa shape index (κ3) is 4.05. The van der Waals surface area contributed by atoms with E-state index >= 15 is 0 Å². The summed E-state index contributed by atoms with van der Waals surface area (Å²) in [4.78, 5) is 0. The van der Waals surface area contributed by atoms with Crippen LogP contribution in [0.2, 0.25) is 0 Å². The molecule has 158 valence electrons. The third-order valence-electron chi connectivity index (χ3n) is 7.08. The van der Waals surface area contributed by atoms with Gasteiger partial charge in [-0.15, -0.1) is 0 Å². The summed E-state index contributed by atoms with van der Waals surface area (Å²) in [7, 11) is 0. The fourth-order valence-corrected chi connectivity index (χ4v) is 5.35. The molecule has 0 spiro atoms. The van der Waals surface area contributed by atoms with Crippen LogP contribution < -0.4 is 0 Å². The van der Waals surface area contributed by atoms with Crippen molar-refractivity contribution in [2.45, 2.75) is 65.8 Å². The van der Waals surface area contributed by atoms with Gasteiger partial charge in [-0.2, -0.15) is 0 Å². The molecule has 0 saturated heterocycles. The number of benzene rings is 4. The second-order valence-electron chi connectivity index (χ2n) is 9.31. The van der Waals surface area contributed by atoms with Crippen molar-refractivity contribution in [2.24, 2.45) is 0 Å². The van der Waals surface area contributed by atoms with Crippen LogP contribution in [0.1, 0.15) is 64.9 Å². The summed E-state index contributed by atoms with van der Waals surface area (Å²) in [6.45, 7) is 12.1. The van der Waals surface area contributed by atoms with E-state index in [9.17, 15) is 0 Å². The molecule has 0 atom stereocenters. The van der Waals surface area contributed by atoms with Crippen LogP contribution in [0, 0.1) is 0 Å². The van der Waals surface area contributed by atoms with E-state index < -0.39 is 0 Å². The average molecular weight is 401 g/mol. The van der Waals surface area contributed by atoms with Gasteiger partial charge >= 0.3 is 0 Å². The molecule has 4 rings (SSSR count). The predicted octanol–water partition coefficient (Wildman–Crippen LogP) is 8.30. The number of hydrogen-bond acceptors (Lipinski definition) is 0. The van der Waals surface area contributed by atoms with Crippen molar-refractivity contribution in [3.05, 3.63) is 60.2 Å². The molecule has 0 N–H and O–H groups in total. The molecular formula is C29H38N+. The van der Waals surface area contributed by atoms with Crippen LogP contribution in [-0.4, -0.2) is 24.1 Å². The van der Waals surface area contributed by atoms with Crippen LogP contribution in [0.25, 0.3) is 32.3 Å². The van der Waals surface area contributed by atoms with Crippen molar-refractivity contribution in [1.82, 2.24) is 0 Å². The van der Waals surface area contributed by atoms with Gasteiger partial charge in [0.05, 0.1) is 19.6 Å². The number of rotatable bonds is 11. The summed E-state index contributed by atoms with van der Waals surface area (Å²) < 4.78 is 1.26. The van der Waals surface area contributed by atoms with Crippen LogP contribution in [0.4, 0.5) is 0 Å².